The number of nitrogens with zero attached hydrogens (tertiary/aromatic N) is 4. The number of rotatable bonds is 3. The third-order valence-electron chi connectivity index (χ3n) is 3.20. The fourth-order valence-electron chi connectivity index (χ4n) is 2.38. The zero-order valence-corrected chi connectivity index (χ0v) is 9.91. The van der Waals surface area contributed by atoms with Crippen LogP contribution in [0.15, 0.2) is 29.0 Å². The molecule has 90 valence electrons. The van der Waals surface area contributed by atoms with Crippen molar-refractivity contribution < 1.29 is 4.52 Å². The van der Waals surface area contributed by atoms with Crippen molar-refractivity contribution in [2.75, 3.05) is 13.1 Å². The summed E-state index contributed by atoms with van der Waals surface area (Å²) in [5.41, 5.74) is 0.947. The van der Waals surface area contributed by atoms with Gasteiger partial charge in [-0.2, -0.15) is 5.10 Å². The van der Waals surface area contributed by atoms with Crippen molar-refractivity contribution >= 4 is 0 Å². The van der Waals surface area contributed by atoms with Gasteiger partial charge >= 0.3 is 0 Å². The molecule has 1 atom stereocenters. The quantitative estimate of drug-likeness (QED) is 0.807. The average molecular weight is 232 g/mol. The zero-order valence-electron chi connectivity index (χ0n) is 9.91. The Morgan fingerprint density at radius 1 is 1.53 bits per heavy atom. The summed E-state index contributed by atoms with van der Waals surface area (Å²) in [6.45, 7) is 4.91. The molecule has 0 saturated carbocycles. The molecule has 0 aliphatic carbocycles. The maximum absolute atomic E-state index is 5.24. The Kier molecular flexibility index (Phi) is 2.68. The first-order valence-electron chi connectivity index (χ1n) is 5.95. The van der Waals surface area contributed by atoms with Crippen molar-refractivity contribution in [1.82, 2.24) is 19.8 Å². The van der Waals surface area contributed by atoms with Crippen molar-refractivity contribution in [3.8, 4) is 0 Å². The Balaban J connectivity index is 1.61. The van der Waals surface area contributed by atoms with E-state index in [9.17, 15) is 0 Å². The Hall–Kier alpha value is -1.62. The van der Waals surface area contributed by atoms with Crippen molar-refractivity contribution in [1.29, 1.82) is 0 Å². The van der Waals surface area contributed by atoms with Crippen LogP contribution in [0.3, 0.4) is 0 Å². The predicted molar refractivity (Wildman–Crippen MR) is 62.4 cm³/mol. The monoisotopic (exact) mass is 232 g/mol. The van der Waals surface area contributed by atoms with E-state index in [4.69, 9.17) is 4.52 Å². The molecule has 0 N–H and O–H groups in total. The average Bonchev–Trinajstić information content (AvgIpc) is 3.00. The first kappa shape index (κ1) is 10.5. The maximum Gasteiger partial charge on any atom is 0.150 e. The van der Waals surface area contributed by atoms with Gasteiger partial charge in [-0.1, -0.05) is 5.16 Å². The lowest BCUT2D eigenvalue weighted by Crippen LogP contribution is -2.21. The van der Waals surface area contributed by atoms with Crippen LogP contribution in [0.5, 0.6) is 0 Å². The molecule has 0 amide bonds. The van der Waals surface area contributed by atoms with E-state index in [1.807, 2.05) is 36.1 Å². The van der Waals surface area contributed by atoms with Crippen LogP contribution in [0.1, 0.15) is 23.9 Å². The van der Waals surface area contributed by atoms with E-state index in [1.54, 1.807) is 0 Å². The molecule has 2 aromatic rings. The molecular formula is C12H16N4O. The summed E-state index contributed by atoms with van der Waals surface area (Å²) in [6, 6.07) is 4.47. The van der Waals surface area contributed by atoms with Crippen LogP contribution in [0, 0.1) is 6.92 Å². The van der Waals surface area contributed by atoms with Crippen LogP contribution in [0.2, 0.25) is 0 Å². The minimum Gasteiger partial charge on any atom is -0.360 e. The molecule has 3 rings (SSSR count). The second-order valence-corrected chi connectivity index (χ2v) is 4.60. The van der Waals surface area contributed by atoms with Gasteiger partial charge in [0.25, 0.3) is 0 Å². The molecule has 0 radical (unpaired) electrons. The van der Waals surface area contributed by atoms with Crippen molar-refractivity contribution in [2.24, 2.45) is 0 Å². The van der Waals surface area contributed by atoms with E-state index >= 15 is 0 Å². The number of hydrogen-bond donors (Lipinski definition) is 0. The van der Waals surface area contributed by atoms with Crippen LogP contribution in [-0.4, -0.2) is 32.9 Å². The first-order valence-corrected chi connectivity index (χ1v) is 5.95. The largest absolute Gasteiger partial charge is 0.360 e. The van der Waals surface area contributed by atoms with Gasteiger partial charge in [-0.15, -0.1) is 0 Å². The summed E-state index contributed by atoms with van der Waals surface area (Å²) >= 11 is 0. The molecule has 0 spiro atoms. The molecule has 1 fully saturated rings. The molecule has 1 aliphatic heterocycles. The second kappa shape index (κ2) is 4.33. The molecule has 2 aromatic heterocycles. The second-order valence-electron chi connectivity index (χ2n) is 4.60. The maximum atomic E-state index is 5.24. The molecule has 5 nitrogen and oxygen atoms in total. The zero-order chi connectivity index (χ0) is 11.7. The number of aryl methyl sites for hydroxylation is 1. The summed E-state index contributed by atoms with van der Waals surface area (Å²) in [7, 11) is 0. The molecule has 1 aliphatic rings. The molecule has 17 heavy (non-hydrogen) atoms. The summed E-state index contributed by atoms with van der Waals surface area (Å²) in [5, 5.41) is 8.21. The lowest BCUT2D eigenvalue weighted by atomic mass is 10.3. The van der Waals surface area contributed by atoms with Gasteiger partial charge in [-0.3, -0.25) is 9.58 Å². The Morgan fingerprint density at radius 2 is 2.47 bits per heavy atom. The van der Waals surface area contributed by atoms with Crippen LogP contribution < -0.4 is 0 Å². The van der Waals surface area contributed by atoms with Gasteiger partial charge in [0.15, 0.2) is 5.76 Å². The van der Waals surface area contributed by atoms with Gasteiger partial charge in [0.2, 0.25) is 0 Å². The molecule has 0 bridgehead atoms. The highest BCUT2D eigenvalue weighted by Crippen LogP contribution is 2.22. The molecule has 3 heterocycles. The van der Waals surface area contributed by atoms with Crippen LogP contribution in [-0.2, 0) is 6.54 Å². The lowest BCUT2D eigenvalue weighted by molar-refractivity contribution is 0.263. The standard InChI is InChI=1S/C12H16N4O/c1-10-7-12(17-14-10)9-15-6-3-11(8-15)16-5-2-4-13-16/h2,4-5,7,11H,3,6,8-9H2,1H3. The molecule has 5 heteroatoms. The van der Waals surface area contributed by atoms with Crippen molar-refractivity contribution in [3.05, 3.63) is 36.0 Å². The van der Waals surface area contributed by atoms with E-state index in [0.717, 1.165) is 37.5 Å². The third-order valence-corrected chi connectivity index (χ3v) is 3.20. The Bertz CT molecular complexity index is 476. The van der Waals surface area contributed by atoms with E-state index in [-0.39, 0.29) is 0 Å². The van der Waals surface area contributed by atoms with E-state index < -0.39 is 0 Å². The Labute approximate surface area is 100 Å². The summed E-state index contributed by atoms with van der Waals surface area (Å²) < 4.78 is 7.29. The molecule has 1 unspecified atom stereocenters. The molecule has 1 saturated heterocycles. The highest BCUT2D eigenvalue weighted by molar-refractivity contribution is 5.03. The lowest BCUT2D eigenvalue weighted by Gasteiger charge is -2.14. The van der Waals surface area contributed by atoms with Crippen LogP contribution >= 0.6 is 0 Å². The fourth-order valence-corrected chi connectivity index (χ4v) is 2.38. The van der Waals surface area contributed by atoms with Crippen LogP contribution in [0.25, 0.3) is 0 Å². The van der Waals surface area contributed by atoms with Gasteiger partial charge in [0, 0.05) is 31.5 Å². The van der Waals surface area contributed by atoms with E-state index in [0.29, 0.717) is 6.04 Å². The highest BCUT2D eigenvalue weighted by Gasteiger charge is 2.24. The van der Waals surface area contributed by atoms with Crippen molar-refractivity contribution in [3.63, 3.8) is 0 Å². The SMILES string of the molecule is Cc1cc(CN2CCC(n3cccn3)C2)on1. The summed E-state index contributed by atoms with van der Waals surface area (Å²) in [4.78, 5) is 2.38. The van der Waals surface area contributed by atoms with Gasteiger partial charge in [0.1, 0.15) is 0 Å². The van der Waals surface area contributed by atoms with Gasteiger partial charge in [-0.25, -0.2) is 0 Å². The number of aromatic nitrogens is 3. The minimum absolute atomic E-state index is 0.494. The smallest absolute Gasteiger partial charge is 0.150 e. The normalized spacial score (nSPS) is 21.1. The molecular weight excluding hydrogens is 216 g/mol. The van der Waals surface area contributed by atoms with Gasteiger partial charge in [-0.05, 0) is 19.4 Å². The fraction of sp³-hybridized carbons (Fsp3) is 0.500. The summed E-state index contributed by atoms with van der Waals surface area (Å²) in [6.07, 6.45) is 5.02. The Morgan fingerprint density at radius 3 is 3.18 bits per heavy atom. The van der Waals surface area contributed by atoms with Crippen molar-refractivity contribution in [2.45, 2.75) is 25.9 Å². The molecule has 0 aromatic carbocycles. The first-order chi connectivity index (χ1) is 8.31. The van der Waals surface area contributed by atoms with Gasteiger partial charge in [0.05, 0.1) is 18.3 Å². The summed E-state index contributed by atoms with van der Waals surface area (Å²) in [5.74, 6) is 0.948. The van der Waals surface area contributed by atoms with Crippen LogP contribution in [0.4, 0.5) is 0 Å². The number of likely N-dealkylation sites (tertiary alicyclic amines) is 1. The highest BCUT2D eigenvalue weighted by atomic mass is 16.5. The third kappa shape index (κ3) is 2.24. The predicted octanol–water partition coefficient (Wildman–Crippen LogP) is 1.63. The van der Waals surface area contributed by atoms with E-state index in [2.05, 4.69) is 15.2 Å². The minimum atomic E-state index is 0.494. The number of hydrogen-bond acceptors (Lipinski definition) is 4. The van der Waals surface area contributed by atoms with E-state index in [1.165, 1.54) is 0 Å². The topological polar surface area (TPSA) is 47.1 Å². The van der Waals surface area contributed by atoms with Gasteiger partial charge < -0.3 is 4.52 Å².